The van der Waals surface area contributed by atoms with Crippen molar-refractivity contribution in [3.05, 3.63) is 154 Å². The highest BCUT2D eigenvalue weighted by Crippen LogP contribution is 2.24. The number of carbonyl (C=O) groups excluding carboxylic acids is 1. The minimum atomic E-state index is -2.10. The lowest BCUT2D eigenvalue weighted by atomic mass is 10.1. The van der Waals surface area contributed by atoms with E-state index in [1.807, 2.05) is 62.4 Å². The van der Waals surface area contributed by atoms with E-state index in [4.69, 9.17) is 31.9 Å². The van der Waals surface area contributed by atoms with Gasteiger partial charge in [-0.2, -0.15) is 9.69 Å². The van der Waals surface area contributed by atoms with Crippen LogP contribution in [0.25, 0.3) is 0 Å². The molecule has 0 saturated carbocycles. The summed E-state index contributed by atoms with van der Waals surface area (Å²) in [5, 5.41) is 21.5. The van der Waals surface area contributed by atoms with Gasteiger partial charge in [0.2, 0.25) is 0 Å². The summed E-state index contributed by atoms with van der Waals surface area (Å²) in [4.78, 5) is 39.9. The standard InChI is InChI=1S/C38H36N2O12S2/c1-25-3-12-31(13-4-25)48-52-53-49-33-17-18-35(36(20-33)38(42)43)37(41)39-21-27-7-9-28(10-8-27)22-40-46-23-29-11-16-34(19-30(29)24-47-44)51-54(45)50-32-14-5-26(2)6-15-32/h3-20,40,44H,21-24H2,1-2H3,(H,39,41)(H,42,43). The maximum atomic E-state index is 12.9. The summed E-state index contributed by atoms with van der Waals surface area (Å²) in [6, 6.07) is 30.4. The quantitative estimate of drug-likeness (QED) is 0.0271. The van der Waals surface area contributed by atoms with Crippen LogP contribution in [0.2, 0.25) is 0 Å². The van der Waals surface area contributed by atoms with Gasteiger partial charge in [-0.25, -0.2) is 9.68 Å². The normalized spacial score (nSPS) is 11.4. The molecule has 0 spiro atoms. The summed E-state index contributed by atoms with van der Waals surface area (Å²) < 4.78 is 33.3. The highest BCUT2D eigenvalue weighted by molar-refractivity contribution is 7.90. The predicted octanol–water partition coefficient (Wildman–Crippen LogP) is 7.13. The third-order valence-corrected chi connectivity index (χ3v) is 8.65. The van der Waals surface area contributed by atoms with Crippen molar-refractivity contribution in [2.45, 2.75) is 40.2 Å². The van der Waals surface area contributed by atoms with Gasteiger partial charge in [0.15, 0.2) is 5.75 Å². The first kappa shape index (κ1) is 39.7. The van der Waals surface area contributed by atoms with E-state index in [-0.39, 0.29) is 42.4 Å². The van der Waals surface area contributed by atoms with Gasteiger partial charge < -0.3 is 27.9 Å². The summed E-state index contributed by atoms with van der Waals surface area (Å²) in [6.07, 6.45) is 0. The van der Waals surface area contributed by atoms with Crippen molar-refractivity contribution in [1.29, 1.82) is 0 Å². The largest absolute Gasteiger partial charge is 0.478 e. The van der Waals surface area contributed by atoms with Gasteiger partial charge in [0.25, 0.3) is 18.2 Å². The van der Waals surface area contributed by atoms with Crippen molar-refractivity contribution >= 4 is 35.6 Å². The van der Waals surface area contributed by atoms with Crippen molar-refractivity contribution in [2.24, 2.45) is 0 Å². The lowest BCUT2D eigenvalue weighted by Gasteiger charge is -2.12. The molecule has 282 valence electrons. The van der Waals surface area contributed by atoms with Crippen molar-refractivity contribution < 1.29 is 55.7 Å². The molecular weight excluding hydrogens is 741 g/mol. The minimum Gasteiger partial charge on any atom is -0.478 e. The second-order valence-electron chi connectivity index (χ2n) is 11.6. The number of amides is 1. The Bertz CT molecular complexity index is 2030. The first-order valence-corrected chi connectivity index (χ1v) is 17.9. The third-order valence-electron chi connectivity index (χ3n) is 7.60. The lowest BCUT2D eigenvalue weighted by Crippen LogP contribution is -2.25. The Morgan fingerprint density at radius 3 is 1.96 bits per heavy atom. The molecule has 14 nitrogen and oxygen atoms in total. The molecule has 0 aliphatic heterocycles. The fourth-order valence-electron chi connectivity index (χ4n) is 4.73. The minimum absolute atomic E-state index is 0.0346. The summed E-state index contributed by atoms with van der Waals surface area (Å²) in [5.74, 6) is -0.617. The van der Waals surface area contributed by atoms with E-state index >= 15 is 0 Å². The molecule has 0 saturated heterocycles. The third kappa shape index (κ3) is 12.3. The molecule has 1 amide bonds. The first-order valence-electron chi connectivity index (χ1n) is 16.2. The fraction of sp³-hybridized carbons (Fsp3) is 0.158. The number of carbonyl (C=O) groups is 2. The summed E-state index contributed by atoms with van der Waals surface area (Å²) >= 11 is -1.60. The highest BCUT2D eigenvalue weighted by atomic mass is 32.2. The molecule has 4 N–H and O–H groups in total. The number of aromatic carboxylic acids is 1. The van der Waals surface area contributed by atoms with Crippen molar-refractivity contribution in [3.8, 4) is 23.0 Å². The van der Waals surface area contributed by atoms with Crippen molar-refractivity contribution in [3.63, 3.8) is 0 Å². The highest BCUT2D eigenvalue weighted by Gasteiger charge is 2.18. The number of hydrogen-bond donors (Lipinski definition) is 4. The summed E-state index contributed by atoms with van der Waals surface area (Å²) in [7, 11) is 0. The van der Waals surface area contributed by atoms with Crippen molar-refractivity contribution in [2.75, 3.05) is 0 Å². The van der Waals surface area contributed by atoms with Gasteiger partial charge in [-0.1, -0.05) is 70.1 Å². The van der Waals surface area contributed by atoms with E-state index in [2.05, 4.69) is 15.7 Å². The van der Waals surface area contributed by atoms with Crippen LogP contribution in [0.4, 0.5) is 0 Å². The van der Waals surface area contributed by atoms with Crippen LogP contribution < -0.4 is 28.2 Å². The fourth-order valence-corrected chi connectivity index (χ4v) is 5.61. The first-order chi connectivity index (χ1) is 26.2. The van der Waals surface area contributed by atoms with E-state index in [1.54, 1.807) is 42.5 Å². The number of rotatable bonds is 20. The molecule has 5 aromatic rings. The van der Waals surface area contributed by atoms with Crippen LogP contribution in [0.3, 0.4) is 0 Å². The average Bonchev–Trinajstić information content (AvgIpc) is 3.17. The summed E-state index contributed by atoms with van der Waals surface area (Å²) in [5.41, 5.74) is 7.60. The van der Waals surface area contributed by atoms with Crippen LogP contribution in [0.15, 0.2) is 109 Å². The van der Waals surface area contributed by atoms with E-state index in [1.165, 1.54) is 18.2 Å². The second-order valence-corrected chi connectivity index (χ2v) is 12.8. The molecule has 1 unspecified atom stereocenters. The number of benzene rings is 5. The van der Waals surface area contributed by atoms with E-state index in [0.717, 1.165) is 22.3 Å². The number of hydrogen-bond acceptors (Lipinski definition) is 13. The van der Waals surface area contributed by atoms with Crippen LogP contribution in [0.1, 0.15) is 54.1 Å². The molecule has 1 atom stereocenters. The van der Waals surface area contributed by atoms with Gasteiger partial charge >= 0.3 is 17.3 Å². The smallest absolute Gasteiger partial charge is 0.417 e. The molecule has 0 aliphatic rings. The summed E-state index contributed by atoms with van der Waals surface area (Å²) in [6.45, 7) is 4.34. The Labute approximate surface area is 318 Å². The van der Waals surface area contributed by atoms with Crippen LogP contribution in [-0.2, 0) is 51.7 Å². The van der Waals surface area contributed by atoms with Crippen LogP contribution in [0.5, 0.6) is 23.0 Å². The molecule has 5 aromatic carbocycles. The maximum absolute atomic E-state index is 12.9. The number of aryl methyl sites for hydroxylation is 2. The SMILES string of the molecule is Cc1ccc(OOSOc2ccc(C(=O)NCc3ccc(CNOCc4ccc(OS(=O)Oc5ccc(C)cc5)cc4COO)cc3)c(C(=O)O)c2)cc1. The van der Waals surface area contributed by atoms with E-state index < -0.39 is 23.2 Å². The van der Waals surface area contributed by atoms with Crippen LogP contribution >= 0.6 is 12.3 Å². The molecule has 54 heavy (non-hydrogen) atoms. The van der Waals surface area contributed by atoms with Gasteiger partial charge in [0, 0.05) is 13.1 Å². The molecule has 0 bridgehead atoms. The number of nitrogens with one attached hydrogen (secondary N) is 2. The maximum Gasteiger partial charge on any atom is 0.417 e. The lowest BCUT2D eigenvalue weighted by molar-refractivity contribution is -0.253. The number of carboxylic acids is 1. The van der Waals surface area contributed by atoms with Gasteiger partial charge in [0.1, 0.15) is 23.9 Å². The van der Waals surface area contributed by atoms with E-state index in [0.29, 0.717) is 41.5 Å². The molecule has 0 fully saturated rings. The predicted molar refractivity (Wildman–Crippen MR) is 198 cm³/mol. The molecule has 0 aromatic heterocycles. The zero-order chi connectivity index (χ0) is 38.3. The Kier molecular flexibility index (Phi) is 14.8. The average molecular weight is 777 g/mol. The Balaban J connectivity index is 1.05. The number of carboxylic acid groups (broad SMARTS) is 1. The zero-order valence-electron chi connectivity index (χ0n) is 29.0. The van der Waals surface area contributed by atoms with Crippen LogP contribution in [0, 0.1) is 13.8 Å². The van der Waals surface area contributed by atoms with Gasteiger partial charge in [-0.15, -0.1) is 0 Å². The number of hydroxylamine groups is 1. The molecule has 0 aliphatic carbocycles. The second kappa shape index (κ2) is 20.1. The Hall–Kier alpha value is -5.46. The molecule has 0 radical (unpaired) electrons. The molecular formula is C38H36N2O12S2. The molecule has 0 heterocycles. The van der Waals surface area contributed by atoms with Crippen molar-refractivity contribution in [1.82, 2.24) is 10.8 Å². The van der Waals surface area contributed by atoms with E-state index in [9.17, 15) is 18.9 Å². The zero-order valence-corrected chi connectivity index (χ0v) is 30.6. The van der Waals surface area contributed by atoms with Gasteiger partial charge in [-0.05, 0) is 90.7 Å². The topological polar surface area (TPSA) is 180 Å². The van der Waals surface area contributed by atoms with Crippen LogP contribution in [-0.4, -0.2) is 26.4 Å². The van der Waals surface area contributed by atoms with Gasteiger partial charge in [0.05, 0.1) is 17.7 Å². The Morgan fingerprint density at radius 1 is 0.685 bits per heavy atom. The van der Waals surface area contributed by atoms with Gasteiger partial charge in [-0.3, -0.25) is 14.9 Å². The molecule has 5 rings (SSSR count). The Morgan fingerprint density at radius 2 is 1.30 bits per heavy atom. The molecule has 16 heteroatoms. The monoisotopic (exact) mass is 776 g/mol.